The average Bonchev–Trinajstić information content (AvgIpc) is 2.89. The van der Waals surface area contributed by atoms with Gasteiger partial charge >= 0.3 is 0 Å². The van der Waals surface area contributed by atoms with Crippen LogP contribution in [0, 0.1) is 5.92 Å². The van der Waals surface area contributed by atoms with Crippen molar-refractivity contribution in [1.82, 2.24) is 10.3 Å². The molecule has 1 amide bonds. The summed E-state index contributed by atoms with van der Waals surface area (Å²) >= 11 is 1.70. The molecule has 2 atom stereocenters. The van der Waals surface area contributed by atoms with Crippen molar-refractivity contribution in [3.05, 3.63) is 29.3 Å². The number of para-hydroxylation sites is 1. The number of hydrogen-bond donors (Lipinski definition) is 2. The van der Waals surface area contributed by atoms with Crippen LogP contribution in [0.2, 0.25) is 0 Å². The first kappa shape index (κ1) is 18.2. The molecular formula is C17H24ClN3OS. The third-order valence-electron chi connectivity index (χ3n) is 4.55. The Hall–Kier alpha value is -1.17. The Morgan fingerprint density at radius 3 is 2.96 bits per heavy atom. The number of halogens is 1. The van der Waals surface area contributed by atoms with Gasteiger partial charge in [-0.2, -0.15) is 0 Å². The van der Waals surface area contributed by atoms with Crippen LogP contribution in [0.5, 0.6) is 0 Å². The summed E-state index contributed by atoms with van der Waals surface area (Å²) in [4.78, 5) is 17.0. The Kier molecular flexibility index (Phi) is 6.00. The molecule has 3 N–H and O–H groups in total. The average molecular weight is 354 g/mol. The summed E-state index contributed by atoms with van der Waals surface area (Å²) in [6.45, 7) is 2.63. The summed E-state index contributed by atoms with van der Waals surface area (Å²) in [6, 6.07) is 8.13. The van der Waals surface area contributed by atoms with E-state index in [0.717, 1.165) is 42.6 Å². The highest BCUT2D eigenvalue weighted by molar-refractivity contribution is 7.18. The summed E-state index contributed by atoms with van der Waals surface area (Å²) in [5.74, 6) is 0.0439. The molecule has 0 aliphatic heterocycles. The van der Waals surface area contributed by atoms with Gasteiger partial charge in [0.25, 0.3) is 0 Å². The quantitative estimate of drug-likeness (QED) is 0.886. The largest absolute Gasteiger partial charge is 0.355 e. The fraction of sp³-hybridized carbons (Fsp3) is 0.529. The van der Waals surface area contributed by atoms with Crippen molar-refractivity contribution in [3.63, 3.8) is 0 Å². The van der Waals surface area contributed by atoms with Gasteiger partial charge in [0.05, 0.1) is 21.1 Å². The number of carbonyl (C=O) groups excluding carboxylic acids is 1. The van der Waals surface area contributed by atoms with Gasteiger partial charge in [-0.05, 0) is 31.9 Å². The monoisotopic (exact) mass is 353 g/mol. The van der Waals surface area contributed by atoms with Crippen molar-refractivity contribution in [2.24, 2.45) is 11.7 Å². The lowest BCUT2D eigenvalue weighted by molar-refractivity contribution is -0.128. The Balaban J connectivity index is 0.00000192. The number of nitrogens with one attached hydrogen (secondary N) is 1. The highest BCUT2D eigenvalue weighted by atomic mass is 35.5. The molecule has 1 aliphatic carbocycles. The van der Waals surface area contributed by atoms with Crippen molar-refractivity contribution >= 4 is 39.9 Å². The Morgan fingerprint density at radius 2 is 2.22 bits per heavy atom. The van der Waals surface area contributed by atoms with Crippen molar-refractivity contribution in [2.75, 3.05) is 6.54 Å². The van der Waals surface area contributed by atoms with Crippen molar-refractivity contribution < 1.29 is 4.79 Å². The summed E-state index contributed by atoms with van der Waals surface area (Å²) < 4.78 is 1.20. The number of nitrogens with zero attached hydrogens (tertiary/aromatic N) is 1. The molecule has 1 saturated carbocycles. The van der Waals surface area contributed by atoms with E-state index in [9.17, 15) is 4.79 Å². The maximum atomic E-state index is 12.4. The van der Waals surface area contributed by atoms with Crippen LogP contribution in [-0.4, -0.2) is 23.0 Å². The van der Waals surface area contributed by atoms with Crippen LogP contribution in [0.15, 0.2) is 24.3 Å². The summed E-state index contributed by atoms with van der Waals surface area (Å²) in [5.41, 5.74) is 6.96. The molecule has 1 aromatic heterocycles. The van der Waals surface area contributed by atoms with Gasteiger partial charge in [-0.25, -0.2) is 4.98 Å². The fourth-order valence-corrected chi connectivity index (χ4v) is 4.20. The third-order valence-corrected chi connectivity index (χ3v) is 5.64. The zero-order chi connectivity index (χ0) is 15.6. The number of rotatable bonds is 4. The SMILES string of the molecule is CC1(N)CCCCC1C(=O)NCCc1nc2ccccc2s1.Cl. The maximum Gasteiger partial charge on any atom is 0.224 e. The Bertz CT molecular complexity index is 638. The Labute approximate surface area is 147 Å². The highest BCUT2D eigenvalue weighted by Gasteiger charge is 2.37. The zero-order valence-electron chi connectivity index (χ0n) is 13.4. The number of hydrogen-bond acceptors (Lipinski definition) is 4. The summed E-state index contributed by atoms with van der Waals surface area (Å²) in [5, 5.41) is 4.12. The predicted molar refractivity (Wildman–Crippen MR) is 98.1 cm³/mol. The molecule has 23 heavy (non-hydrogen) atoms. The third kappa shape index (κ3) is 4.22. The number of thiazole rings is 1. The number of amides is 1. The zero-order valence-corrected chi connectivity index (χ0v) is 15.0. The minimum atomic E-state index is -0.363. The molecule has 2 unspecified atom stereocenters. The molecule has 6 heteroatoms. The predicted octanol–water partition coefficient (Wildman–Crippen LogP) is 3.28. The lowest BCUT2D eigenvalue weighted by Crippen LogP contribution is -2.53. The van der Waals surface area contributed by atoms with Crippen LogP contribution < -0.4 is 11.1 Å². The molecule has 4 nitrogen and oxygen atoms in total. The molecule has 2 aromatic rings. The fourth-order valence-electron chi connectivity index (χ4n) is 3.23. The minimum Gasteiger partial charge on any atom is -0.355 e. The van der Waals surface area contributed by atoms with E-state index in [-0.39, 0.29) is 29.8 Å². The van der Waals surface area contributed by atoms with Crippen molar-refractivity contribution in [1.29, 1.82) is 0 Å². The van der Waals surface area contributed by atoms with Gasteiger partial charge in [-0.3, -0.25) is 4.79 Å². The molecule has 1 aliphatic rings. The Morgan fingerprint density at radius 1 is 1.43 bits per heavy atom. The van der Waals surface area contributed by atoms with E-state index in [4.69, 9.17) is 5.73 Å². The molecule has 3 rings (SSSR count). The molecule has 0 radical (unpaired) electrons. The van der Waals surface area contributed by atoms with Gasteiger partial charge in [0.2, 0.25) is 5.91 Å². The molecule has 1 fully saturated rings. The van der Waals surface area contributed by atoms with Crippen molar-refractivity contribution in [2.45, 2.75) is 44.6 Å². The smallest absolute Gasteiger partial charge is 0.224 e. The molecular weight excluding hydrogens is 330 g/mol. The summed E-state index contributed by atoms with van der Waals surface area (Å²) in [7, 11) is 0. The van der Waals surface area contributed by atoms with Crippen LogP contribution in [0.4, 0.5) is 0 Å². The van der Waals surface area contributed by atoms with Crippen LogP contribution in [-0.2, 0) is 11.2 Å². The van der Waals surface area contributed by atoms with Gasteiger partial charge < -0.3 is 11.1 Å². The summed E-state index contributed by atoms with van der Waals surface area (Å²) in [6.07, 6.45) is 4.84. The standard InChI is InChI=1S/C17H23N3OS.ClH/c1-17(18)10-5-4-6-12(17)16(21)19-11-9-15-20-13-7-2-3-8-14(13)22-15;/h2-3,7-8,12H,4-6,9-11,18H2,1H3,(H,19,21);1H. The first-order valence-electron chi connectivity index (χ1n) is 7.97. The van der Waals surface area contributed by atoms with E-state index in [1.807, 2.05) is 25.1 Å². The number of nitrogens with two attached hydrogens (primary N) is 1. The number of aromatic nitrogens is 1. The van der Waals surface area contributed by atoms with E-state index in [0.29, 0.717) is 6.54 Å². The highest BCUT2D eigenvalue weighted by Crippen LogP contribution is 2.31. The number of fused-ring (bicyclic) bond motifs is 1. The number of benzene rings is 1. The van der Waals surface area contributed by atoms with E-state index in [1.54, 1.807) is 11.3 Å². The molecule has 126 valence electrons. The maximum absolute atomic E-state index is 12.4. The molecule has 1 heterocycles. The second-order valence-electron chi connectivity index (χ2n) is 6.42. The normalized spacial score (nSPS) is 24.2. The first-order valence-corrected chi connectivity index (χ1v) is 8.79. The van der Waals surface area contributed by atoms with Gasteiger partial charge in [-0.1, -0.05) is 25.0 Å². The molecule has 0 saturated heterocycles. The van der Waals surface area contributed by atoms with Gasteiger partial charge in [-0.15, -0.1) is 23.7 Å². The first-order chi connectivity index (χ1) is 10.6. The van der Waals surface area contributed by atoms with E-state index >= 15 is 0 Å². The van der Waals surface area contributed by atoms with Crippen LogP contribution in [0.1, 0.15) is 37.6 Å². The van der Waals surface area contributed by atoms with Gasteiger partial charge in [0.15, 0.2) is 0 Å². The lowest BCUT2D eigenvalue weighted by atomic mass is 9.74. The van der Waals surface area contributed by atoms with E-state index in [1.165, 1.54) is 4.70 Å². The molecule has 0 bridgehead atoms. The topological polar surface area (TPSA) is 68.0 Å². The van der Waals surface area contributed by atoms with Gasteiger partial charge in [0.1, 0.15) is 0 Å². The van der Waals surface area contributed by atoms with Crippen LogP contribution in [0.3, 0.4) is 0 Å². The van der Waals surface area contributed by atoms with Crippen molar-refractivity contribution in [3.8, 4) is 0 Å². The van der Waals surface area contributed by atoms with Gasteiger partial charge in [0, 0.05) is 18.5 Å². The van der Waals surface area contributed by atoms with E-state index < -0.39 is 0 Å². The second kappa shape index (κ2) is 7.60. The molecule has 1 aromatic carbocycles. The second-order valence-corrected chi connectivity index (χ2v) is 7.54. The van der Waals surface area contributed by atoms with Crippen LogP contribution >= 0.6 is 23.7 Å². The minimum absolute atomic E-state index is 0. The van der Waals surface area contributed by atoms with E-state index in [2.05, 4.69) is 16.4 Å². The van der Waals surface area contributed by atoms with Crippen LogP contribution in [0.25, 0.3) is 10.2 Å². The lowest BCUT2D eigenvalue weighted by Gasteiger charge is -2.37. The molecule has 0 spiro atoms. The number of carbonyl (C=O) groups is 1.